The molecule has 0 unspecified atom stereocenters. The van der Waals surface area contributed by atoms with E-state index in [0.29, 0.717) is 31.7 Å². The van der Waals surface area contributed by atoms with Gasteiger partial charge in [-0.3, -0.25) is 9.59 Å². The van der Waals surface area contributed by atoms with Gasteiger partial charge in [-0.15, -0.1) is 11.3 Å². The molecule has 0 spiro atoms. The number of hydrogen-bond donors (Lipinski definition) is 0. The van der Waals surface area contributed by atoms with Gasteiger partial charge in [-0.05, 0) is 29.5 Å². The first kappa shape index (κ1) is 16.6. The first-order chi connectivity index (χ1) is 11.6. The molecule has 4 nitrogen and oxygen atoms in total. The smallest absolute Gasteiger partial charge is 0.263 e. The van der Waals surface area contributed by atoms with E-state index in [4.69, 9.17) is 0 Å². The number of nitrogens with zero attached hydrogens (tertiary/aromatic N) is 2. The molecular formula is C18H19FN2O2S. The molecule has 1 saturated heterocycles. The molecule has 1 aromatic heterocycles. The molecule has 0 radical (unpaired) electrons. The summed E-state index contributed by atoms with van der Waals surface area (Å²) >= 11 is 1.43. The number of benzene rings is 1. The van der Waals surface area contributed by atoms with Crippen LogP contribution in [0.5, 0.6) is 0 Å². The Bertz CT molecular complexity index is 718. The summed E-state index contributed by atoms with van der Waals surface area (Å²) in [5, 5.41) is 1.88. The highest BCUT2D eigenvalue weighted by molar-refractivity contribution is 7.12. The second-order valence-corrected chi connectivity index (χ2v) is 6.72. The molecule has 0 bridgehead atoms. The fourth-order valence-corrected chi connectivity index (χ4v) is 3.53. The Kier molecular flexibility index (Phi) is 5.25. The highest BCUT2D eigenvalue weighted by atomic mass is 32.1. The molecule has 24 heavy (non-hydrogen) atoms. The van der Waals surface area contributed by atoms with Crippen molar-refractivity contribution in [2.24, 2.45) is 0 Å². The Balaban J connectivity index is 1.60. The third kappa shape index (κ3) is 3.82. The number of carbonyl (C=O) groups is 2. The van der Waals surface area contributed by atoms with Crippen molar-refractivity contribution in [2.75, 3.05) is 26.2 Å². The van der Waals surface area contributed by atoms with Crippen LogP contribution in [0.3, 0.4) is 0 Å². The van der Waals surface area contributed by atoms with Crippen molar-refractivity contribution in [3.05, 3.63) is 58.0 Å². The van der Waals surface area contributed by atoms with Crippen molar-refractivity contribution in [2.45, 2.75) is 12.8 Å². The lowest BCUT2D eigenvalue weighted by Crippen LogP contribution is -2.37. The van der Waals surface area contributed by atoms with Crippen molar-refractivity contribution in [1.29, 1.82) is 0 Å². The second kappa shape index (κ2) is 7.57. The average Bonchev–Trinajstić information content (AvgIpc) is 3.00. The van der Waals surface area contributed by atoms with Gasteiger partial charge >= 0.3 is 0 Å². The van der Waals surface area contributed by atoms with Gasteiger partial charge in [0.2, 0.25) is 5.91 Å². The summed E-state index contributed by atoms with van der Waals surface area (Å²) in [5.41, 5.74) is 0.415. The maximum atomic E-state index is 13.7. The number of halogens is 1. The Morgan fingerprint density at radius 2 is 1.75 bits per heavy atom. The zero-order valence-electron chi connectivity index (χ0n) is 13.3. The molecule has 2 heterocycles. The lowest BCUT2D eigenvalue weighted by Gasteiger charge is -2.22. The van der Waals surface area contributed by atoms with Crippen molar-refractivity contribution < 1.29 is 14.0 Å². The summed E-state index contributed by atoms with van der Waals surface area (Å²) in [4.78, 5) is 29.1. The summed E-state index contributed by atoms with van der Waals surface area (Å²) in [6.07, 6.45) is 0.797. The zero-order chi connectivity index (χ0) is 16.9. The Morgan fingerprint density at radius 1 is 1.00 bits per heavy atom. The molecule has 3 rings (SSSR count). The monoisotopic (exact) mass is 346 g/mol. The van der Waals surface area contributed by atoms with E-state index in [9.17, 15) is 14.0 Å². The normalized spacial score (nSPS) is 15.2. The van der Waals surface area contributed by atoms with Gasteiger partial charge < -0.3 is 9.80 Å². The van der Waals surface area contributed by atoms with E-state index in [0.717, 1.165) is 11.3 Å². The van der Waals surface area contributed by atoms with Crippen LogP contribution in [0.2, 0.25) is 0 Å². The van der Waals surface area contributed by atoms with E-state index >= 15 is 0 Å². The third-order valence-corrected chi connectivity index (χ3v) is 5.03. The van der Waals surface area contributed by atoms with Crippen LogP contribution in [0.4, 0.5) is 4.39 Å². The molecule has 0 atom stereocenters. The fourth-order valence-electron chi connectivity index (χ4n) is 2.84. The summed E-state index contributed by atoms with van der Waals surface area (Å²) in [6.45, 7) is 2.24. The van der Waals surface area contributed by atoms with Crippen LogP contribution in [-0.2, 0) is 11.2 Å². The van der Waals surface area contributed by atoms with Gasteiger partial charge in [0.25, 0.3) is 5.91 Å². The minimum Gasteiger partial charge on any atom is -0.341 e. The summed E-state index contributed by atoms with van der Waals surface area (Å²) < 4.78 is 13.7. The fraction of sp³-hybridized carbons (Fsp3) is 0.333. The third-order valence-electron chi connectivity index (χ3n) is 4.17. The maximum Gasteiger partial charge on any atom is 0.263 e. The van der Waals surface area contributed by atoms with E-state index in [1.807, 2.05) is 17.5 Å². The van der Waals surface area contributed by atoms with Crippen LogP contribution in [0.25, 0.3) is 0 Å². The first-order valence-electron chi connectivity index (χ1n) is 7.99. The lowest BCUT2D eigenvalue weighted by atomic mass is 10.1. The Hall–Kier alpha value is -2.21. The molecule has 126 valence electrons. The number of thiophene rings is 1. The molecule has 0 N–H and O–H groups in total. The van der Waals surface area contributed by atoms with Gasteiger partial charge in [0.1, 0.15) is 5.82 Å². The van der Waals surface area contributed by atoms with Crippen LogP contribution < -0.4 is 0 Å². The van der Waals surface area contributed by atoms with Gasteiger partial charge in [0, 0.05) is 26.2 Å². The standard InChI is InChI=1S/C18H19FN2O2S/c19-15-6-2-1-5-14(15)13-17(22)20-8-4-9-21(11-10-20)18(23)16-7-3-12-24-16/h1-3,5-7,12H,4,8-11,13H2. The van der Waals surface area contributed by atoms with Crippen LogP contribution in [0.1, 0.15) is 21.7 Å². The van der Waals surface area contributed by atoms with Gasteiger partial charge in [-0.25, -0.2) is 4.39 Å². The highest BCUT2D eigenvalue weighted by Gasteiger charge is 2.23. The SMILES string of the molecule is O=C(Cc1ccccc1F)N1CCCN(C(=O)c2cccs2)CC1. The van der Waals surface area contributed by atoms with Gasteiger partial charge in [0.15, 0.2) is 0 Å². The van der Waals surface area contributed by atoms with Gasteiger partial charge in [-0.2, -0.15) is 0 Å². The summed E-state index contributed by atoms with van der Waals surface area (Å²) in [6, 6.07) is 10.0. The molecule has 2 amide bonds. The molecule has 0 saturated carbocycles. The number of carbonyl (C=O) groups excluding carboxylic acids is 2. The molecule has 1 aromatic carbocycles. The number of rotatable bonds is 3. The minimum atomic E-state index is -0.352. The van der Waals surface area contributed by atoms with Gasteiger partial charge in [-0.1, -0.05) is 24.3 Å². The molecule has 1 aliphatic heterocycles. The predicted molar refractivity (Wildman–Crippen MR) is 91.5 cm³/mol. The van der Waals surface area contributed by atoms with Crippen LogP contribution >= 0.6 is 11.3 Å². The molecule has 6 heteroatoms. The van der Waals surface area contributed by atoms with E-state index in [1.165, 1.54) is 17.4 Å². The van der Waals surface area contributed by atoms with Crippen molar-refractivity contribution in [3.63, 3.8) is 0 Å². The van der Waals surface area contributed by atoms with Crippen molar-refractivity contribution in [3.8, 4) is 0 Å². The van der Waals surface area contributed by atoms with Crippen molar-refractivity contribution in [1.82, 2.24) is 9.80 Å². The molecule has 1 fully saturated rings. The molecule has 1 aliphatic rings. The van der Waals surface area contributed by atoms with E-state index in [-0.39, 0.29) is 24.1 Å². The van der Waals surface area contributed by atoms with Crippen molar-refractivity contribution >= 4 is 23.2 Å². The Labute approximate surface area is 144 Å². The molecule has 0 aliphatic carbocycles. The van der Waals surface area contributed by atoms with Crippen LogP contribution in [0, 0.1) is 5.82 Å². The average molecular weight is 346 g/mol. The Morgan fingerprint density at radius 3 is 2.50 bits per heavy atom. The van der Waals surface area contributed by atoms with Crippen LogP contribution in [-0.4, -0.2) is 47.8 Å². The summed E-state index contributed by atoms with van der Waals surface area (Å²) in [7, 11) is 0. The predicted octanol–water partition coefficient (Wildman–Crippen LogP) is 2.80. The van der Waals surface area contributed by atoms with E-state index in [1.54, 1.807) is 28.0 Å². The zero-order valence-corrected chi connectivity index (χ0v) is 14.1. The highest BCUT2D eigenvalue weighted by Crippen LogP contribution is 2.15. The minimum absolute atomic E-state index is 0.0217. The largest absolute Gasteiger partial charge is 0.341 e. The van der Waals surface area contributed by atoms with Gasteiger partial charge in [0.05, 0.1) is 11.3 Å². The second-order valence-electron chi connectivity index (χ2n) is 5.77. The van der Waals surface area contributed by atoms with E-state index < -0.39 is 0 Å². The number of amides is 2. The maximum absolute atomic E-state index is 13.7. The molecular weight excluding hydrogens is 327 g/mol. The van der Waals surface area contributed by atoms with E-state index in [2.05, 4.69) is 0 Å². The number of hydrogen-bond acceptors (Lipinski definition) is 3. The molecule has 2 aromatic rings. The van der Waals surface area contributed by atoms with Crippen LogP contribution in [0.15, 0.2) is 41.8 Å². The first-order valence-corrected chi connectivity index (χ1v) is 8.87. The summed E-state index contributed by atoms with van der Waals surface area (Å²) in [5.74, 6) is -0.422. The topological polar surface area (TPSA) is 40.6 Å². The lowest BCUT2D eigenvalue weighted by molar-refractivity contribution is -0.130. The quantitative estimate of drug-likeness (QED) is 0.857.